The molecule has 0 aliphatic carbocycles. The Morgan fingerprint density at radius 2 is 1.68 bits per heavy atom. The molecule has 2 amide bonds. The van der Waals surface area contributed by atoms with Crippen LogP contribution in [0.2, 0.25) is 0 Å². The van der Waals surface area contributed by atoms with Gasteiger partial charge in [-0.3, -0.25) is 20.4 Å². The van der Waals surface area contributed by atoms with Gasteiger partial charge in [0.15, 0.2) is 6.61 Å². The molecule has 3 aromatic carbocycles. The average molecular weight is 446 g/mol. The van der Waals surface area contributed by atoms with Gasteiger partial charge in [0.25, 0.3) is 11.8 Å². The van der Waals surface area contributed by atoms with Crippen molar-refractivity contribution in [1.29, 1.82) is 0 Å². The molecule has 0 aromatic heterocycles. The number of benzene rings is 3. The molecule has 0 unspecified atom stereocenters. The summed E-state index contributed by atoms with van der Waals surface area (Å²) in [7, 11) is 0. The van der Waals surface area contributed by atoms with Crippen molar-refractivity contribution >= 4 is 45.2 Å². The Morgan fingerprint density at radius 1 is 0.920 bits per heavy atom. The molecule has 0 heterocycles. The van der Waals surface area contributed by atoms with E-state index in [9.17, 15) is 9.59 Å². The van der Waals surface area contributed by atoms with Crippen molar-refractivity contribution in [3.8, 4) is 5.75 Å². The number of amides is 2. The van der Waals surface area contributed by atoms with Crippen LogP contribution < -0.4 is 15.6 Å². The SMILES string of the molecule is O=C(COc1cccc2ccccc12)NNC(=O)c1cccc(I)c1. The molecular weight excluding hydrogens is 431 g/mol. The quantitative estimate of drug-likeness (QED) is 0.478. The van der Waals surface area contributed by atoms with Gasteiger partial charge >= 0.3 is 0 Å². The lowest BCUT2D eigenvalue weighted by Crippen LogP contribution is -2.43. The summed E-state index contributed by atoms with van der Waals surface area (Å²) < 4.78 is 6.51. The maximum Gasteiger partial charge on any atom is 0.276 e. The highest BCUT2D eigenvalue weighted by Gasteiger charge is 2.09. The fourth-order valence-corrected chi connectivity index (χ4v) is 2.87. The molecule has 0 spiro atoms. The zero-order chi connectivity index (χ0) is 17.6. The Hall–Kier alpha value is -2.61. The first-order valence-electron chi connectivity index (χ1n) is 7.59. The summed E-state index contributed by atoms with van der Waals surface area (Å²) in [6, 6.07) is 20.5. The number of halogens is 1. The molecule has 0 radical (unpaired) electrons. The van der Waals surface area contributed by atoms with E-state index in [1.807, 2.05) is 42.5 Å². The lowest BCUT2D eigenvalue weighted by atomic mass is 10.1. The van der Waals surface area contributed by atoms with E-state index in [4.69, 9.17) is 4.74 Å². The summed E-state index contributed by atoms with van der Waals surface area (Å²) in [6.07, 6.45) is 0. The molecular formula is C19H15IN2O3. The van der Waals surface area contributed by atoms with Crippen molar-refractivity contribution in [2.24, 2.45) is 0 Å². The zero-order valence-corrected chi connectivity index (χ0v) is 15.3. The highest BCUT2D eigenvalue weighted by molar-refractivity contribution is 14.1. The molecule has 6 heteroatoms. The van der Waals surface area contributed by atoms with Crippen LogP contribution in [0.25, 0.3) is 10.8 Å². The number of carbonyl (C=O) groups excluding carboxylic acids is 2. The van der Waals surface area contributed by atoms with Gasteiger partial charge < -0.3 is 4.74 Å². The number of hydrogen-bond acceptors (Lipinski definition) is 3. The summed E-state index contributed by atoms with van der Waals surface area (Å²) in [5.74, 6) is -0.193. The summed E-state index contributed by atoms with van der Waals surface area (Å²) in [5, 5.41) is 1.97. The summed E-state index contributed by atoms with van der Waals surface area (Å²) in [6.45, 7) is -0.194. The molecule has 3 aromatic rings. The van der Waals surface area contributed by atoms with Crippen molar-refractivity contribution in [3.05, 3.63) is 75.9 Å². The standard InChI is InChI=1S/C19H15IN2O3/c20-15-8-3-7-14(11-15)19(24)22-21-18(23)12-25-17-10-4-6-13-5-1-2-9-16(13)17/h1-11H,12H2,(H,21,23)(H,22,24). The number of ether oxygens (including phenoxy) is 1. The van der Waals surface area contributed by atoms with Crippen LogP contribution in [0.5, 0.6) is 5.75 Å². The zero-order valence-electron chi connectivity index (χ0n) is 13.2. The second kappa shape index (κ2) is 7.98. The van der Waals surface area contributed by atoms with Gasteiger partial charge in [-0.05, 0) is 52.2 Å². The van der Waals surface area contributed by atoms with Gasteiger partial charge in [0.2, 0.25) is 0 Å². The molecule has 0 bridgehead atoms. The summed E-state index contributed by atoms with van der Waals surface area (Å²) in [4.78, 5) is 23.9. The van der Waals surface area contributed by atoms with Gasteiger partial charge in [-0.1, -0.05) is 42.5 Å². The normalized spacial score (nSPS) is 10.3. The fraction of sp³-hybridized carbons (Fsp3) is 0.0526. The number of rotatable bonds is 4. The predicted octanol–water partition coefficient (Wildman–Crippen LogP) is 3.28. The predicted molar refractivity (Wildman–Crippen MR) is 104 cm³/mol. The van der Waals surface area contributed by atoms with Crippen LogP contribution in [-0.2, 0) is 4.79 Å². The van der Waals surface area contributed by atoms with Crippen LogP contribution in [0.4, 0.5) is 0 Å². The minimum atomic E-state index is -0.438. The molecule has 25 heavy (non-hydrogen) atoms. The van der Waals surface area contributed by atoms with Gasteiger partial charge in [0, 0.05) is 14.5 Å². The molecule has 0 atom stereocenters. The molecule has 0 aliphatic rings. The number of carbonyl (C=O) groups is 2. The molecule has 3 rings (SSSR count). The first-order chi connectivity index (χ1) is 12.1. The molecule has 0 saturated carbocycles. The van der Waals surface area contributed by atoms with E-state index in [-0.39, 0.29) is 12.5 Å². The summed E-state index contributed by atoms with van der Waals surface area (Å²) in [5.41, 5.74) is 5.20. The second-order valence-corrected chi connectivity index (χ2v) is 6.52. The van der Waals surface area contributed by atoms with Crippen LogP contribution in [0.15, 0.2) is 66.7 Å². The highest BCUT2D eigenvalue weighted by Crippen LogP contribution is 2.24. The number of hydrogen-bond donors (Lipinski definition) is 2. The monoisotopic (exact) mass is 446 g/mol. The molecule has 0 saturated heterocycles. The Labute approximate surface area is 158 Å². The van der Waals surface area contributed by atoms with Gasteiger partial charge in [-0.2, -0.15) is 0 Å². The van der Waals surface area contributed by atoms with Crippen molar-refractivity contribution < 1.29 is 14.3 Å². The van der Waals surface area contributed by atoms with E-state index in [1.54, 1.807) is 24.3 Å². The van der Waals surface area contributed by atoms with E-state index in [2.05, 4.69) is 33.4 Å². The molecule has 2 N–H and O–H groups in total. The lowest BCUT2D eigenvalue weighted by Gasteiger charge is -2.10. The fourth-order valence-electron chi connectivity index (χ4n) is 2.33. The topological polar surface area (TPSA) is 67.4 Å². The maximum atomic E-state index is 12.0. The molecule has 0 fully saturated rings. The van der Waals surface area contributed by atoms with Gasteiger partial charge in [-0.25, -0.2) is 0 Å². The Morgan fingerprint density at radius 3 is 2.52 bits per heavy atom. The number of hydrazine groups is 1. The molecule has 5 nitrogen and oxygen atoms in total. The van der Waals surface area contributed by atoms with Crippen molar-refractivity contribution in [2.45, 2.75) is 0 Å². The maximum absolute atomic E-state index is 12.0. The summed E-state index contributed by atoms with van der Waals surface area (Å²) >= 11 is 2.12. The first kappa shape index (κ1) is 17.2. The van der Waals surface area contributed by atoms with Gasteiger partial charge in [0.05, 0.1) is 0 Å². The van der Waals surface area contributed by atoms with Crippen molar-refractivity contribution in [2.75, 3.05) is 6.61 Å². The van der Waals surface area contributed by atoms with Crippen molar-refractivity contribution in [3.63, 3.8) is 0 Å². The van der Waals surface area contributed by atoms with E-state index in [1.165, 1.54) is 0 Å². The van der Waals surface area contributed by atoms with Crippen LogP contribution >= 0.6 is 22.6 Å². The minimum absolute atomic E-state index is 0.194. The Kier molecular flexibility index (Phi) is 5.49. The highest BCUT2D eigenvalue weighted by atomic mass is 127. The van der Waals surface area contributed by atoms with Gasteiger partial charge in [0.1, 0.15) is 5.75 Å². The second-order valence-electron chi connectivity index (χ2n) is 5.28. The van der Waals surface area contributed by atoms with E-state index >= 15 is 0 Å². The van der Waals surface area contributed by atoms with E-state index < -0.39 is 5.91 Å². The number of nitrogens with one attached hydrogen (secondary N) is 2. The number of fused-ring (bicyclic) bond motifs is 1. The Bertz CT molecular complexity index is 922. The van der Waals surface area contributed by atoms with E-state index in [0.29, 0.717) is 11.3 Å². The first-order valence-corrected chi connectivity index (χ1v) is 8.67. The third-order valence-electron chi connectivity index (χ3n) is 3.51. The smallest absolute Gasteiger partial charge is 0.276 e. The van der Waals surface area contributed by atoms with Crippen molar-refractivity contribution in [1.82, 2.24) is 10.9 Å². The third kappa shape index (κ3) is 4.48. The van der Waals surface area contributed by atoms with Gasteiger partial charge in [-0.15, -0.1) is 0 Å². The van der Waals surface area contributed by atoms with Crippen LogP contribution in [0.1, 0.15) is 10.4 Å². The van der Waals surface area contributed by atoms with Crippen LogP contribution in [-0.4, -0.2) is 18.4 Å². The Balaban J connectivity index is 1.55. The average Bonchev–Trinajstić information content (AvgIpc) is 2.64. The molecule has 126 valence electrons. The van der Waals surface area contributed by atoms with E-state index in [0.717, 1.165) is 14.3 Å². The molecule has 0 aliphatic heterocycles. The lowest BCUT2D eigenvalue weighted by molar-refractivity contribution is -0.123. The largest absolute Gasteiger partial charge is 0.483 e. The third-order valence-corrected chi connectivity index (χ3v) is 4.18. The van der Waals surface area contributed by atoms with Crippen LogP contribution in [0, 0.1) is 3.57 Å². The minimum Gasteiger partial charge on any atom is -0.483 e. The van der Waals surface area contributed by atoms with Crippen LogP contribution in [0.3, 0.4) is 0 Å².